The summed E-state index contributed by atoms with van der Waals surface area (Å²) in [6.07, 6.45) is 5.61. The van der Waals surface area contributed by atoms with Crippen molar-refractivity contribution >= 4 is 21.9 Å². The highest BCUT2D eigenvalue weighted by Gasteiger charge is 2.25. The van der Waals surface area contributed by atoms with E-state index < -0.39 is 27.0 Å². The van der Waals surface area contributed by atoms with Crippen LogP contribution in [0.4, 0.5) is 4.39 Å². The van der Waals surface area contributed by atoms with Crippen LogP contribution in [0.5, 0.6) is 0 Å². The molecule has 0 radical (unpaired) electrons. The maximum absolute atomic E-state index is 13.0. The average Bonchev–Trinajstić information content (AvgIpc) is 3.39. The number of aliphatic imine (C=N–C) groups is 1. The number of carbonyl (C=O) groups is 1. The molecule has 2 aromatic heterocycles. The quantitative estimate of drug-likeness (QED) is 0.344. The molecule has 1 atom stereocenters. The van der Waals surface area contributed by atoms with Crippen LogP contribution in [0.2, 0.25) is 0 Å². The van der Waals surface area contributed by atoms with Gasteiger partial charge in [0.2, 0.25) is 16.0 Å². The Morgan fingerprint density at radius 1 is 1.26 bits per heavy atom. The topological polar surface area (TPSA) is 139 Å². The van der Waals surface area contributed by atoms with Crippen molar-refractivity contribution in [3.8, 4) is 0 Å². The Morgan fingerprint density at radius 3 is 2.55 bits per heavy atom. The van der Waals surface area contributed by atoms with Crippen molar-refractivity contribution in [2.45, 2.75) is 57.2 Å². The number of aromatic nitrogens is 2. The van der Waals surface area contributed by atoms with E-state index in [1.165, 1.54) is 13.0 Å². The highest BCUT2D eigenvalue weighted by molar-refractivity contribution is 7.90. The SMILES string of the molecule is Cc1ccc(C(=O)NNC(=NC2CCCC2)NS(=O)(=O)[C@@H](C)Cc2ncc(F)cn2)o1. The Morgan fingerprint density at radius 2 is 1.94 bits per heavy atom. The zero-order valence-electron chi connectivity index (χ0n) is 17.3. The van der Waals surface area contributed by atoms with Crippen LogP contribution in [0.1, 0.15) is 54.7 Å². The van der Waals surface area contributed by atoms with Crippen LogP contribution in [0.15, 0.2) is 33.9 Å². The number of hydrogen-bond acceptors (Lipinski definition) is 7. The van der Waals surface area contributed by atoms with Crippen LogP contribution < -0.4 is 15.6 Å². The van der Waals surface area contributed by atoms with Crippen LogP contribution >= 0.6 is 0 Å². The van der Waals surface area contributed by atoms with Crippen molar-refractivity contribution in [1.82, 2.24) is 25.5 Å². The second-order valence-corrected chi connectivity index (χ2v) is 9.48. The predicted molar refractivity (Wildman–Crippen MR) is 111 cm³/mol. The summed E-state index contributed by atoms with van der Waals surface area (Å²) in [4.78, 5) is 24.2. The van der Waals surface area contributed by atoms with Gasteiger partial charge in [0.05, 0.1) is 23.7 Å². The molecule has 0 bridgehead atoms. The number of nitrogens with one attached hydrogen (secondary N) is 3. The van der Waals surface area contributed by atoms with Crippen LogP contribution in [0.3, 0.4) is 0 Å². The normalized spacial score (nSPS) is 16.2. The number of aryl methyl sites for hydroxylation is 1. The van der Waals surface area contributed by atoms with Gasteiger partial charge in [-0.15, -0.1) is 0 Å². The number of amides is 1. The van der Waals surface area contributed by atoms with Gasteiger partial charge in [0, 0.05) is 6.42 Å². The van der Waals surface area contributed by atoms with E-state index in [-0.39, 0.29) is 30.0 Å². The lowest BCUT2D eigenvalue weighted by molar-refractivity contribution is 0.0914. The van der Waals surface area contributed by atoms with Gasteiger partial charge in [-0.25, -0.2) is 27.8 Å². The maximum Gasteiger partial charge on any atom is 0.305 e. The molecule has 1 aliphatic rings. The summed E-state index contributed by atoms with van der Waals surface area (Å²) >= 11 is 0. The maximum atomic E-state index is 13.0. The van der Waals surface area contributed by atoms with Crippen molar-refractivity contribution in [2.24, 2.45) is 4.99 Å². The van der Waals surface area contributed by atoms with Gasteiger partial charge in [-0.3, -0.25) is 20.4 Å². The summed E-state index contributed by atoms with van der Waals surface area (Å²) in [5.74, 6) is -0.412. The number of sulfonamides is 1. The summed E-state index contributed by atoms with van der Waals surface area (Å²) in [6.45, 7) is 3.18. The van der Waals surface area contributed by atoms with Crippen molar-refractivity contribution in [3.63, 3.8) is 0 Å². The number of rotatable bonds is 6. The van der Waals surface area contributed by atoms with E-state index in [4.69, 9.17) is 4.42 Å². The van der Waals surface area contributed by atoms with Crippen molar-refractivity contribution in [3.05, 3.63) is 47.7 Å². The second kappa shape index (κ2) is 9.86. The van der Waals surface area contributed by atoms with Crippen molar-refractivity contribution in [2.75, 3.05) is 0 Å². The molecule has 2 aromatic rings. The molecule has 1 aliphatic carbocycles. The summed E-state index contributed by atoms with van der Waals surface area (Å²) < 4.78 is 46.3. The van der Waals surface area contributed by atoms with Gasteiger partial charge in [0.25, 0.3) is 0 Å². The van der Waals surface area contributed by atoms with Crippen LogP contribution in [-0.2, 0) is 16.4 Å². The van der Waals surface area contributed by atoms with Gasteiger partial charge in [0.1, 0.15) is 11.6 Å². The molecule has 0 unspecified atom stereocenters. The van der Waals surface area contributed by atoms with Crippen LogP contribution in [0, 0.1) is 12.7 Å². The molecule has 0 saturated heterocycles. The first-order chi connectivity index (χ1) is 14.7. The van der Waals surface area contributed by atoms with Crippen LogP contribution in [0.25, 0.3) is 0 Å². The molecule has 10 nitrogen and oxygen atoms in total. The average molecular weight is 453 g/mol. The third-order valence-corrected chi connectivity index (χ3v) is 6.51. The Labute approximate surface area is 179 Å². The third-order valence-electron chi connectivity index (χ3n) is 4.81. The van der Waals surface area contributed by atoms with E-state index in [1.807, 2.05) is 0 Å². The fourth-order valence-corrected chi connectivity index (χ4v) is 4.02. The lowest BCUT2D eigenvalue weighted by Gasteiger charge is -2.18. The molecular weight excluding hydrogens is 427 g/mol. The lowest BCUT2D eigenvalue weighted by Crippen LogP contribution is -2.51. The number of furan rings is 1. The molecule has 12 heteroatoms. The summed E-state index contributed by atoms with van der Waals surface area (Å²) in [5.41, 5.74) is 4.95. The van der Waals surface area contributed by atoms with Gasteiger partial charge in [-0.1, -0.05) is 12.8 Å². The highest BCUT2D eigenvalue weighted by Crippen LogP contribution is 2.20. The molecule has 0 aromatic carbocycles. The van der Waals surface area contributed by atoms with E-state index in [9.17, 15) is 17.6 Å². The van der Waals surface area contributed by atoms with E-state index >= 15 is 0 Å². The summed E-state index contributed by atoms with van der Waals surface area (Å²) in [7, 11) is -3.91. The van der Waals surface area contributed by atoms with E-state index in [0.29, 0.717) is 5.76 Å². The monoisotopic (exact) mass is 452 g/mol. The molecule has 1 amide bonds. The standard InChI is InChI=1S/C19H25FN6O4S/c1-12-7-8-16(30-12)18(27)24-25-19(23-15-5-3-4-6-15)26-31(28,29)13(2)9-17-21-10-14(20)11-22-17/h7-8,10-11,13,15H,3-6,9H2,1-2H3,(H,24,27)(H2,23,25,26)/t13-/m0/s1. The highest BCUT2D eigenvalue weighted by atomic mass is 32.2. The lowest BCUT2D eigenvalue weighted by atomic mass is 10.3. The van der Waals surface area contributed by atoms with Crippen molar-refractivity contribution < 1.29 is 22.0 Å². The number of halogens is 1. The zero-order valence-corrected chi connectivity index (χ0v) is 18.1. The molecule has 3 N–H and O–H groups in total. The third kappa shape index (κ3) is 6.48. The smallest absolute Gasteiger partial charge is 0.305 e. The van der Waals surface area contributed by atoms with Gasteiger partial charge in [-0.2, -0.15) is 0 Å². The molecule has 0 spiro atoms. The Bertz CT molecular complexity index is 1030. The predicted octanol–water partition coefficient (Wildman–Crippen LogP) is 1.60. The first-order valence-corrected chi connectivity index (χ1v) is 11.5. The number of hydrogen-bond donors (Lipinski definition) is 3. The van der Waals surface area contributed by atoms with Gasteiger partial charge >= 0.3 is 5.91 Å². The number of carbonyl (C=O) groups excluding carboxylic acids is 1. The van der Waals surface area contributed by atoms with E-state index in [1.54, 1.807) is 13.0 Å². The Balaban J connectivity index is 1.68. The van der Waals surface area contributed by atoms with Crippen molar-refractivity contribution in [1.29, 1.82) is 0 Å². The molecule has 1 saturated carbocycles. The summed E-state index contributed by atoms with van der Waals surface area (Å²) in [5, 5.41) is -0.933. The van der Waals surface area contributed by atoms with Gasteiger partial charge < -0.3 is 4.42 Å². The minimum absolute atomic E-state index is 0.0235. The fourth-order valence-electron chi connectivity index (χ4n) is 3.08. The number of guanidine groups is 1. The van der Waals surface area contributed by atoms with E-state index in [0.717, 1.165) is 38.1 Å². The van der Waals surface area contributed by atoms with Gasteiger partial charge in [-0.05, 0) is 38.8 Å². The summed E-state index contributed by atoms with van der Waals surface area (Å²) in [6, 6.07) is 3.10. The minimum atomic E-state index is -3.91. The minimum Gasteiger partial charge on any atom is -0.456 e. The first kappa shape index (κ1) is 22.7. The van der Waals surface area contributed by atoms with Gasteiger partial charge in [0.15, 0.2) is 11.6 Å². The zero-order chi connectivity index (χ0) is 22.4. The van der Waals surface area contributed by atoms with E-state index in [2.05, 4.69) is 30.5 Å². The molecule has 168 valence electrons. The Kier molecular flexibility index (Phi) is 7.21. The molecule has 2 heterocycles. The second-order valence-electron chi connectivity index (χ2n) is 7.38. The molecular formula is C19H25FN6O4S. The largest absolute Gasteiger partial charge is 0.456 e. The fraction of sp³-hybridized carbons (Fsp3) is 0.474. The Hall–Kier alpha value is -3.02. The number of hydrazine groups is 1. The van der Waals surface area contributed by atoms with Crippen LogP contribution in [-0.4, -0.2) is 41.5 Å². The first-order valence-electron chi connectivity index (χ1n) is 9.91. The molecule has 0 aliphatic heterocycles. The molecule has 1 fully saturated rings. The molecule has 3 rings (SSSR count). The molecule has 31 heavy (non-hydrogen) atoms. The number of nitrogens with zero attached hydrogens (tertiary/aromatic N) is 3.